The first kappa shape index (κ1) is 20.3. The molecule has 1 aromatic heterocycles. The quantitative estimate of drug-likeness (QED) is 0.831. The number of hydrogen-bond acceptors (Lipinski definition) is 5. The summed E-state index contributed by atoms with van der Waals surface area (Å²) in [6, 6.07) is 4.58. The van der Waals surface area contributed by atoms with Crippen LogP contribution in [0.2, 0.25) is 0 Å². The van der Waals surface area contributed by atoms with Crippen LogP contribution >= 0.6 is 0 Å². The van der Waals surface area contributed by atoms with Gasteiger partial charge in [0, 0.05) is 62.8 Å². The number of urea groups is 1. The van der Waals surface area contributed by atoms with E-state index in [1.54, 1.807) is 4.90 Å². The molecule has 7 nitrogen and oxygen atoms in total. The van der Waals surface area contributed by atoms with Gasteiger partial charge < -0.3 is 20.0 Å². The zero-order chi connectivity index (χ0) is 21.1. The molecule has 0 spiro atoms. The number of nitrogens with one attached hydrogen (secondary N) is 1. The summed E-state index contributed by atoms with van der Waals surface area (Å²) in [5.74, 6) is 0.200. The molecule has 2 aromatic rings. The Kier molecular flexibility index (Phi) is 5.96. The Balaban J connectivity index is 1.38. The van der Waals surface area contributed by atoms with Crippen LogP contribution in [0.4, 0.5) is 31.0 Å². The third kappa shape index (κ3) is 4.77. The highest BCUT2D eigenvalue weighted by molar-refractivity contribution is 5.89. The summed E-state index contributed by atoms with van der Waals surface area (Å²) in [4.78, 5) is 27.9. The third-order valence-electron chi connectivity index (χ3n) is 5.47. The zero-order valence-electron chi connectivity index (χ0n) is 17.1. The third-order valence-corrected chi connectivity index (χ3v) is 5.47. The Morgan fingerprint density at radius 2 is 1.53 bits per heavy atom. The van der Waals surface area contributed by atoms with Crippen molar-refractivity contribution in [3.8, 4) is 0 Å². The fraction of sp³-hybridized carbons (Fsp3) is 0.476. The molecule has 0 aliphatic carbocycles. The lowest BCUT2D eigenvalue weighted by molar-refractivity contribution is 0.208. The average Bonchev–Trinajstić information content (AvgIpc) is 2.73. The number of carbonyl (C=O) groups is 1. The molecule has 0 unspecified atom stereocenters. The van der Waals surface area contributed by atoms with Crippen molar-refractivity contribution in [2.45, 2.75) is 26.2 Å². The van der Waals surface area contributed by atoms with Gasteiger partial charge in [-0.3, -0.25) is 0 Å². The van der Waals surface area contributed by atoms with E-state index in [1.807, 2.05) is 13.0 Å². The van der Waals surface area contributed by atoms with Crippen molar-refractivity contribution in [3.63, 3.8) is 0 Å². The predicted molar refractivity (Wildman–Crippen MR) is 112 cm³/mol. The molecule has 0 bridgehead atoms. The molecule has 1 aromatic carbocycles. The van der Waals surface area contributed by atoms with E-state index in [9.17, 15) is 13.6 Å². The number of nitrogens with zero attached hydrogens (tertiary/aromatic N) is 5. The predicted octanol–water partition coefficient (Wildman–Crippen LogP) is 3.41. The van der Waals surface area contributed by atoms with Crippen molar-refractivity contribution in [1.29, 1.82) is 0 Å². The highest BCUT2D eigenvalue weighted by Gasteiger charge is 2.24. The summed E-state index contributed by atoms with van der Waals surface area (Å²) in [6.45, 7) is 6.18. The van der Waals surface area contributed by atoms with Gasteiger partial charge in [-0.1, -0.05) is 0 Å². The van der Waals surface area contributed by atoms with Gasteiger partial charge in [0.2, 0.25) is 5.95 Å². The maximum Gasteiger partial charge on any atom is 0.321 e. The van der Waals surface area contributed by atoms with E-state index in [-0.39, 0.29) is 11.7 Å². The molecular formula is C21H26F2N6O. The fourth-order valence-corrected chi connectivity index (χ4v) is 3.90. The van der Waals surface area contributed by atoms with E-state index in [0.29, 0.717) is 26.2 Å². The minimum absolute atomic E-state index is 0.109. The number of piperidine rings is 1. The normalized spacial score (nSPS) is 17.2. The average molecular weight is 416 g/mol. The highest BCUT2D eigenvalue weighted by atomic mass is 19.1. The highest BCUT2D eigenvalue weighted by Crippen LogP contribution is 2.22. The first-order valence-corrected chi connectivity index (χ1v) is 10.4. The Hall–Kier alpha value is -2.97. The molecule has 1 N–H and O–H groups in total. The molecule has 0 radical (unpaired) electrons. The van der Waals surface area contributed by atoms with Crippen molar-refractivity contribution < 1.29 is 13.6 Å². The molecule has 2 aliphatic heterocycles. The number of hydrogen-bond donors (Lipinski definition) is 1. The Morgan fingerprint density at radius 3 is 2.20 bits per heavy atom. The second-order valence-electron chi connectivity index (χ2n) is 7.78. The number of aromatic nitrogens is 2. The minimum atomic E-state index is -0.723. The maximum atomic E-state index is 13.3. The van der Waals surface area contributed by atoms with Gasteiger partial charge in [-0.15, -0.1) is 0 Å². The molecule has 0 saturated carbocycles. The lowest BCUT2D eigenvalue weighted by Gasteiger charge is -2.36. The lowest BCUT2D eigenvalue weighted by Crippen LogP contribution is -2.50. The van der Waals surface area contributed by atoms with Crippen LogP contribution in [-0.4, -0.2) is 60.2 Å². The van der Waals surface area contributed by atoms with Crippen LogP contribution in [-0.2, 0) is 0 Å². The monoisotopic (exact) mass is 416 g/mol. The molecule has 2 fully saturated rings. The van der Waals surface area contributed by atoms with Crippen LogP contribution in [0.1, 0.15) is 25.0 Å². The first-order valence-electron chi connectivity index (χ1n) is 10.4. The van der Waals surface area contributed by atoms with Gasteiger partial charge in [0.15, 0.2) is 0 Å². The van der Waals surface area contributed by atoms with E-state index >= 15 is 0 Å². The van der Waals surface area contributed by atoms with E-state index in [2.05, 4.69) is 20.1 Å². The van der Waals surface area contributed by atoms with Gasteiger partial charge in [-0.2, -0.15) is 4.98 Å². The maximum absolute atomic E-state index is 13.3. The zero-order valence-corrected chi connectivity index (χ0v) is 17.1. The number of amides is 2. The van der Waals surface area contributed by atoms with Crippen molar-refractivity contribution >= 4 is 23.5 Å². The van der Waals surface area contributed by atoms with E-state index in [4.69, 9.17) is 4.98 Å². The smallest absolute Gasteiger partial charge is 0.321 e. The summed E-state index contributed by atoms with van der Waals surface area (Å²) in [5.41, 5.74) is 1.03. The first-order chi connectivity index (χ1) is 14.5. The van der Waals surface area contributed by atoms with E-state index in [0.717, 1.165) is 61.6 Å². The summed E-state index contributed by atoms with van der Waals surface area (Å²) in [6.07, 6.45) is 3.58. The molecule has 2 aliphatic rings. The summed E-state index contributed by atoms with van der Waals surface area (Å²) < 4.78 is 26.7. The van der Waals surface area contributed by atoms with Crippen molar-refractivity contribution in [1.82, 2.24) is 14.9 Å². The second kappa shape index (κ2) is 8.81. The van der Waals surface area contributed by atoms with Crippen molar-refractivity contribution in [3.05, 3.63) is 41.6 Å². The largest absolute Gasteiger partial charge is 0.353 e. The van der Waals surface area contributed by atoms with Crippen LogP contribution in [0.25, 0.3) is 0 Å². The lowest BCUT2D eigenvalue weighted by atomic mass is 10.1. The van der Waals surface area contributed by atoms with Crippen LogP contribution in [0, 0.1) is 18.6 Å². The molecule has 160 valence electrons. The number of aryl methyl sites for hydroxylation is 1. The number of benzene rings is 1. The summed E-state index contributed by atoms with van der Waals surface area (Å²) in [5, 5.41) is 2.57. The van der Waals surface area contributed by atoms with Crippen LogP contribution in [0.15, 0.2) is 24.3 Å². The molecule has 30 heavy (non-hydrogen) atoms. The fourth-order valence-electron chi connectivity index (χ4n) is 3.90. The summed E-state index contributed by atoms with van der Waals surface area (Å²) >= 11 is 0. The van der Waals surface area contributed by atoms with Crippen molar-refractivity contribution in [2.24, 2.45) is 0 Å². The molecule has 0 atom stereocenters. The molecule has 2 amide bonds. The number of halogens is 2. The van der Waals surface area contributed by atoms with Gasteiger partial charge in [-0.05, 0) is 38.3 Å². The molecular weight excluding hydrogens is 390 g/mol. The van der Waals surface area contributed by atoms with Gasteiger partial charge in [0.1, 0.15) is 17.5 Å². The standard InChI is InChI=1S/C21H26F2N6O/c1-15-11-19(26-20(24-15)28-5-3-2-4-6-28)27-7-9-29(10-8-27)21(30)25-18-13-16(22)12-17(23)14-18/h11-14H,2-10H2,1H3,(H,25,30). The van der Waals surface area contributed by atoms with E-state index in [1.165, 1.54) is 6.42 Å². The number of anilines is 3. The van der Waals surface area contributed by atoms with Crippen molar-refractivity contribution in [2.75, 3.05) is 54.4 Å². The second-order valence-corrected chi connectivity index (χ2v) is 7.78. The molecule has 4 rings (SSSR count). The van der Waals surface area contributed by atoms with E-state index < -0.39 is 11.6 Å². The van der Waals surface area contributed by atoms with Crippen LogP contribution in [0.3, 0.4) is 0 Å². The van der Waals surface area contributed by atoms with Crippen LogP contribution in [0.5, 0.6) is 0 Å². The SMILES string of the molecule is Cc1cc(N2CCN(C(=O)Nc3cc(F)cc(F)c3)CC2)nc(N2CCCCC2)n1. The number of carbonyl (C=O) groups excluding carboxylic acids is 1. The number of rotatable bonds is 3. The van der Waals surface area contributed by atoms with Gasteiger partial charge in [-0.25, -0.2) is 18.6 Å². The van der Waals surface area contributed by atoms with Gasteiger partial charge in [0.25, 0.3) is 0 Å². The number of piperazine rings is 1. The molecule has 2 saturated heterocycles. The summed E-state index contributed by atoms with van der Waals surface area (Å²) in [7, 11) is 0. The van der Waals surface area contributed by atoms with Crippen LogP contribution < -0.4 is 15.1 Å². The Bertz CT molecular complexity index is 890. The molecule has 3 heterocycles. The topological polar surface area (TPSA) is 64.6 Å². The van der Waals surface area contributed by atoms with Gasteiger partial charge in [0.05, 0.1) is 0 Å². The molecule has 9 heteroatoms. The Labute approximate surface area is 174 Å². The minimum Gasteiger partial charge on any atom is -0.353 e. The Morgan fingerprint density at radius 1 is 0.867 bits per heavy atom. The van der Waals surface area contributed by atoms with Gasteiger partial charge >= 0.3 is 6.03 Å².